The molecule has 6 heteroatoms. The third kappa shape index (κ3) is 3.17. The van der Waals surface area contributed by atoms with E-state index < -0.39 is 22.0 Å². The second-order valence-electron chi connectivity index (χ2n) is 6.71. The number of nitrogens with one attached hydrogen (secondary N) is 1. The van der Waals surface area contributed by atoms with Crippen molar-refractivity contribution < 1.29 is 18.3 Å². The van der Waals surface area contributed by atoms with Crippen LogP contribution in [0.25, 0.3) is 0 Å². The van der Waals surface area contributed by atoms with Crippen molar-refractivity contribution in [1.29, 1.82) is 0 Å². The van der Waals surface area contributed by atoms with E-state index >= 15 is 0 Å². The van der Waals surface area contributed by atoms with Crippen molar-refractivity contribution in [3.63, 3.8) is 0 Å². The van der Waals surface area contributed by atoms with E-state index in [1.165, 1.54) is 0 Å². The lowest BCUT2D eigenvalue weighted by molar-refractivity contribution is -0.139. The third-order valence-electron chi connectivity index (χ3n) is 5.06. The number of aliphatic carboxylic acids is 1. The molecule has 2 aliphatic carbocycles. The van der Waals surface area contributed by atoms with Crippen molar-refractivity contribution >= 4 is 16.0 Å². The number of fused-ring (bicyclic) bond motifs is 2. The fraction of sp³-hybridized carbons (Fsp3) is 0.562. The quantitative estimate of drug-likeness (QED) is 0.841. The van der Waals surface area contributed by atoms with E-state index in [4.69, 9.17) is 0 Å². The van der Waals surface area contributed by atoms with Gasteiger partial charge in [0.25, 0.3) is 0 Å². The van der Waals surface area contributed by atoms with Crippen LogP contribution in [0.2, 0.25) is 0 Å². The molecule has 0 radical (unpaired) electrons. The lowest BCUT2D eigenvalue weighted by Gasteiger charge is -2.27. The highest BCUT2D eigenvalue weighted by Gasteiger charge is 2.47. The van der Waals surface area contributed by atoms with Crippen molar-refractivity contribution in [2.75, 3.05) is 5.75 Å². The molecule has 0 heterocycles. The molecular formula is C16H21NO4S. The molecule has 0 amide bonds. The van der Waals surface area contributed by atoms with Gasteiger partial charge in [0.05, 0.1) is 5.75 Å². The average molecular weight is 323 g/mol. The Bertz CT molecular complexity index is 648. The third-order valence-corrected chi connectivity index (χ3v) is 6.65. The molecule has 22 heavy (non-hydrogen) atoms. The summed E-state index contributed by atoms with van der Waals surface area (Å²) in [6.45, 7) is 0. The maximum Gasteiger partial charge on any atom is 0.326 e. The summed E-state index contributed by atoms with van der Waals surface area (Å²) >= 11 is 0. The summed E-state index contributed by atoms with van der Waals surface area (Å²) in [5, 5.41) is 9.35. The van der Waals surface area contributed by atoms with Gasteiger partial charge in [0.2, 0.25) is 10.0 Å². The van der Waals surface area contributed by atoms with Crippen LogP contribution in [0.3, 0.4) is 0 Å². The Morgan fingerprint density at radius 3 is 2.41 bits per heavy atom. The highest BCUT2D eigenvalue weighted by molar-refractivity contribution is 7.89. The molecule has 3 rings (SSSR count). The number of sulfonamides is 1. The zero-order chi connectivity index (χ0) is 15.8. The summed E-state index contributed by atoms with van der Waals surface area (Å²) in [4.78, 5) is 11.4. The van der Waals surface area contributed by atoms with Crippen molar-refractivity contribution in [2.45, 2.75) is 38.1 Å². The molecule has 2 bridgehead atoms. The molecule has 0 saturated heterocycles. The van der Waals surface area contributed by atoms with Crippen LogP contribution in [0, 0.1) is 11.3 Å². The molecule has 2 N–H and O–H groups in total. The van der Waals surface area contributed by atoms with E-state index in [1.54, 1.807) is 30.3 Å². The van der Waals surface area contributed by atoms with E-state index in [0.29, 0.717) is 11.5 Å². The van der Waals surface area contributed by atoms with E-state index in [0.717, 1.165) is 32.1 Å². The van der Waals surface area contributed by atoms with Gasteiger partial charge in [0.15, 0.2) is 0 Å². The van der Waals surface area contributed by atoms with Gasteiger partial charge in [-0.2, -0.15) is 4.72 Å². The number of carboxylic acid groups (broad SMARTS) is 1. The van der Waals surface area contributed by atoms with Crippen LogP contribution in [0.1, 0.15) is 43.7 Å². The lowest BCUT2D eigenvalue weighted by Crippen LogP contribution is -2.39. The number of carbonyl (C=O) groups is 1. The minimum absolute atomic E-state index is 0.0487. The van der Waals surface area contributed by atoms with Crippen LogP contribution in [0.5, 0.6) is 0 Å². The fourth-order valence-corrected chi connectivity index (χ4v) is 5.94. The van der Waals surface area contributed by atoms with Crippen molar-refractivity contribution in [1.82, 2.24) is 4.72 Å². The molecular weight excluding hydrogens is 302 g/mol. The highest BCUT2D eigenvalue weighted by Crippen LogP contribution is 2.54. The van der Waals surface area contributed by atoms with Gasteiger partial charge in [-0.15, -0.1) is 0 Å². The zero-order valence-corrected chi connectivity index (χ0v) is 13.2. The number of hydrogen-bond donors (Lipinski definition) is 2. The van der Waals surface area contributed by atoms with E-state index in [-0.39, 0.29) is 11.2 Å². The van der Waals surface area contributed by atoms with Gasteiger partial charge in [-0.05, 0) is 49.0 Å². The molecule has 1 atom stereocenters. The molecule has 0 aromatic heterocycles. The largest absolute Gasteiger partial charge is 0.480 e. The Morgan fingerprint density at radius 1 is 1.27 bits per heavy atom. The molecule has 2 fully saturated rings. The summed E-state index contributed by atoms with van der Waals surface area (Å²) in [7, 11) is -3.63. The molecule has 5 nitrogen and oxygen atoms in total. The summed E-state index contributed by atoms with van der Waals surface area (Å²) in [5.74, 6) is -0.463. The summed E-state index contributed by atoms with van der Waals surface area (Å²) < 4.78 is 27.4. The Labute approximate surface area is 130 Å². The van der Waals surface area contributed by atoms with Gasteiger partial charge in [-0.1, -0.05) is 30.3 Å². The second-order valence-corrected chi connectivity index (χ2v) is 8.46. The fourth-order valence-electron chi connectivity index (χ4n) is 4.04. The minimum atomic E-state index is -3.63. The topological polar surface area (TPSA) is 83.5 Å². The van der Waals surface area contributed by atoms with Crippen molar-refractivity contribution in [2.24, 2.45) is 11.3 Å². The number of hydrogen-bond acceptors (Lipinski definition) is 3. The Hall–Kier alpha value is -1.40. The van der Waals surface area contributed by atoms with Crippen LogP contribution in [0.15, 0.2) is 30.3 Å². The SMILES string of the molecule is O=C(O)[C@H](NS(=O)(=O)CC12CCC(CC1)C2)c1ccccc1. The van der Waals surface area contributed by atoms with Crippen LogP contribution in [0.4, 0.5) is 0 Å². The zero-order valence-electron chi connectivity index (χ0n) is 12.4. The molecule has 1 aromatic carbocycles. The predicted octanol–water partition coefficient (Wildman–Crippen LogP) is 2.31. The van der Waals surface area contributed by atoms with Gasteiger partial charge in [-0.3, -0.25) is 4.79 Å². The molecule has 0 spiro atoms. The van der Waals surface area contributed by atoms with Crippen molar-refractivity contribution in [3.8, 4) is 0 Å². The van der Waals surface area contributed by atoms with Crippen LogP contribution >= 0.6 is 0 Å². The van der Waals surface area contributed by atoms with E-state index in [9.17, 15) is 18.3 Å². The van der Waals surface area contributed by atoms with Gasteiger partial charge in [0, 0.05) is 0 Å². The van der Waals surface area contributed by atoms with Gasteiger partial charge in [-0.25, -0.2) is 8.42 Å². The normalized spacial score (nSPS) is 28.6. The molecule has 120 valence electrons. The van der Waals surface area contributed by atoms with E-state index in [1.807, 2.05) is 0 Å². The monoisotopic (exact) mass is 323 g/mol. The summed E-state index contributed by atoms with van der Waals surface area (Å²) in [5.41, 5.74) is 0.322. The smallest absolute Gasteiger partial charge is 0.326 e. The average Bonchev–Trinajstić information content (AvgIpc) is 3.04. The molecule has 0 unspecified atom stereocenters. The second kappa shape index (κ2) is 5.66. The summed E-state index contributed by atoms with van der Waals surface area (Å²) in [6, 6.07) is 7.21. The lowest BCUT2D eigenvalue weighted by atomic mass is 9.87. The standard InChI is InChI=1S/C16H21NO4S/c18-15(19)14(13-4-2-1-3-5-13)17-22(20,21)11-16-8-6-12(10-16)7-9-16/h1-5,12,14,17H,6-11H2,(H,18,19)/t12?,14-,16?/m1/s1. The number of carboxylic acids is 1. The first kappa shape index (κ1) is 15.5. The van der Waals surface area contributed by atoms with Crippen LogP contribution in [-0.2, 0) is 14.8 Å². The Morgan fingerprint density at radius 2 is 1.91 bits per heavy atom. The van der Waals surface area contributed by atoms with Crippen molar-refractivity contribution in [3.05, 3.63) is 35.9 Å². The Balaban J connectivity index is 1.76. The summed E-state index contributed by atoms with van der Waals surface area (Å²) in [6.07, 6.45) is 5.08. The molecule has 0 aliphatic heterocycles. The number of benzene rings is 1. The first-order chi connectivity index (χ1) is 10.4. The van der Waals surface area contributed by atoms with Crippen LogP contribution in [-0.4, -0.2) is 25.2 Å². The van der Waals surface area contributed by atoms with Crippen LogP contribution < -0.4 is 4.72 Å². The van der Waals surface area contributed by atoms with Gasteiger partial charge >= 0.3 is 5.97 Å². The number of rotatable bonds is 6. The minimum Gasteiger partial charge on any atom is -0.480 e. The molecule has 2 aliphatic rings. The Kier molecular flexibility index (Phi) is 3.99. The molecule has 1 aromatic rings. The van der Waals surface area contributed by atoms with Gasteiger partial charge < -0.3 is 5.11 Å². The highest BCUT2D eigenvalue weighted by atomic mass is 32.2. The predicted molar refractivity (Wildman–Crippen MR) is 82.7 cm³/mol. The first-order valence-corrected chi connectivity index (χ1v) is 9.32. The van der Waals surface area contributed by atoms with Gasteiger partial charge in [0.1, 0.15) is 6.04 Å². The maximum atomic E-state index is 12.5. The maximum absolute atomic E-state index is 12.5. The van der Waals surface area contributed by atoms with E-state index in [2.05, 4.69) is 4.72 Å². The molecule has 2 saturated carbocycles. The first-order valence-electron chi connectivity index (χ1n) is 7.67.